The topological polar surface area (TPSA) is 85.8 Å². The summed E-state index contributed by atoms with van der Waals surface area (Å²) in [7, 11) is 0. The number of rotatable bonds is 4. The van der Waals surface area contributed by atoms with E-state index >= 15 is 0 Å². The molecule has 3 N–H and O–H groups in total. The quantitative estimate of drug-likeness (QED) is 0.857. The van der Waals surface area contributed by atoms with E-state index in [9.17, 15) is 4.79 Å². The van der Waals surface area contributed by atoms with Crippen LogP contribution in [-0.2, 0) is 17.9 Å². The molecule has 6 nitrogen and oxygen atoms in total. The number of benzene rings is 1. The number of carbonyl (C=O) groups is 1. The molecule has 0 fully saturated rings. The van der Waals surface area contributed by atoms with Crippen LogP contribution in [0.15, 0.2) is 24.4 Å². The lowest BCUT2D eigenvalue weighted by molar-refractivity contribution is -0.117. The minimum absolute atomic E-state index is 0.111. The molecule has 0 saturated heterocycles. The van der Waals surface area contributed by atoms with Crippen LogP contribution in [-0.4, -0.2) is 20.9 Å². The lowest BCUT2D eigenvalue weighted by atomic mass is 10.1. The molecule has 0 radical (unpaired) electrons. The fraction of sp³-hybridized carbons (Fsp3) is 0.308. The lowest BCUT2D eigenvalue weighted by Crippen LogP contribution is -2.21. The van der Waals surface area contributed by atoms with E-state index in [2.05, 4.69) is 21.7 Å². The monoisotopic (exact) mass is 259 g/mol. The lowest BCUT2D eigenvalue weighted by Gasteiger charge is -2.08. The summed E-state index contributed by atoms with van der Waals surface area (Å²) in [4.78, 5) is 11.9. The Balaban J connectivity index is 2.05. The first kappa shape index (κ1) is 13.2. The highest BCUT2D eigenvalue weighted by Crippen LogP contribution is 2.13. The highest BCUT2D eigenvalue weighted by Gasteiger charge is 2.08. The van der Waals surface area contributed by atoms with Crippen molar-refractivity contribution in [3.8, 4) is 0 Å². The Morgan fingerprint density at radius 3 is 2.63 bits per heavy atom. The van der Waals surface area contributed by atoms with Gasteiger partial charge in [0.05, 0.1) is 11.9 Å². The second-order valence-electron chi connectivity index (χ2n) is 4.51. The van der Waals surface area contributed by atoms with E-state index in [1.54, 1.807) is 6.20 Å². The van der Waals surface area contributed by atoms with Crippen molar-refractivity contribution in [2.24, 2.45) is 5.73 Å². The summed E-state index contributed by atoms with van der Waals surface area (Å²) in [5.41, 5.74) is 9.27. The molecule has 2 aromatic rings. The van der Waals surface area contributed by atoms with Crippen molar-refractivity contribution in [3.63, 3.8) is 0 Å². The highest BCUT2D eigenvalue weighted by atomic mass is 16.2. The molecule has 100 valence electrons. The van der Waals surface area contributed by atoms with E-state index in [1.807, 2.05) is 26.0 Å². The average Bonchev–Trinajstić information content (AvgIpc) is 2.74. The van der Waals surface area contributed by atoms with Crippen LogP contribution in [0.4, 0.5) is 5.69 Å². The number of nitrogens with zero attached hydrogens (tertiary/aromatic N) is 3. The van der Waals surface area contributed by atoms with Crippen molar-refractivity contribution < 1.29 is 4.79 Å². The Hall–Kier alpha value is -2.21. The maximum absolute atomic E-state index is 11.9. The summed E-state index contributed by atoms with van der Waals surface area (Å²) in [6, 6.07) is 5.91. The van der Waals surface area contributed by atoms with Gasteiger partial charge < -0.3 is 11.1 Å². The molecule has 1 amide bonds. The molecule has 0 aliphatic rings. The molecule has 0 aliphatic heterocycles. The van der Waals surface area contributed by atoms with Crippen molar-refractivity contribution in [1.29, 1.82) is 0 Å². The molecule has 0 bridgehead atoms. The normalized spacial score (nSPS) is 10.5. The number of aromatic nitrogens is 3. The third-order valence-corrected chi connectivity index (χ3v) is 2.71. The van der Waals surface area contributed by atoms with Gasteiger partial charge in [-0.2, -0.15) is 0 Å². The second kappa shape index (κ2) is 5.62. The minimum Gasteiger partial charge on any atom is -0.325 e. The van der Waals surface area contributed by atoms with Gasteiger partial charge in [0.2, 0.25) is 5.91 Å². The Labute approximate surface area is 111 Å². The van der Waals surface area contributed by atoms with Gasteiger partial charge in [0.25, 0.3) is 0 Å². The maximum atomic E-state index is 11.9. The van der Waals surface area contributed by atoms with Crippen molar-refractivity contribution >= 4 is 11.6 Å². The zero-order chi connectivity index (χ0) is 13.8. The molecular formula is C13H17N5O. The summed E-state index contributed by atoms with van der Waals surface area (Å²) in [6.45, 7) is 4.41. The summed E-state index contributed by atoms with van der Waals surface area (Å²) < 4.78 is 1.50. The van der Waals surface area contributed by atoms with Crippen LogP contribution in [0.5, 0.6) is 0 Å². The van der Waals surface area contributed by atoms with Crippen molar-refractivity contribution in [3.05, 3.63) is 41.2 Å². The molecule has 19 heavy (non-hydrogen) atoms. The van der Waals surface area contributed by atoms with Gasteiger partial charge in [0.1, 0.15) is 6.54 Å². The Morgan fingerprint density at radius 2 is 2.00 bits per heavy atom. The van der Waals surface area contributed by atoms with Crippen LogP contribution in [0.25, 0.3) is 0 Å². The van der Waals surface area contributed by atoms with Crippen molar-refractivity contribution in [2.75, 3.05) is 5.32 Å². The molecule has 1 aromatic heterocycles. The standard InChI is InChI=1S/C13H17N5O/c1-9-3-10(2)5-11(4-9)16-13(19)8-18-12(6-14)7-15-17-18/h3-5,7H,6,8,14H2,1-2H3,(H,16,19). The Bertz CT molecular complexity index is 570. The van der Waals surface area contributed by atoms with Crippen LogP contribution in [0.2, 0.25) is 0 Å². The number of hydrogen-bond donors (Lipinski definition) is 2. The summed E-state index contributed by atoms with van der Waals surface area (Å²) >= 11 is 0. The smallest absolute Gasteiger partial charge is 0.246 e. The van der Waals surface area contributed by atoms with Crippen molar-refractivity contribution in [1.82, 2.24) is 15.0 Å². The summed E-state index contributed by atoms with van der Waals surface area (Å²) in [6.07, 6.45) is 1.56. The van der Waals surface area contributed by atoms with Crippen molar-refractivity contribution in [2.45, 2.75) is 26.9 Å². The highest BCUT2D eigenvalue weighted by molar-refractivity contribution is 5.90. The minimum atomic E-state index is -0.148. The van der Waals surface area contributed by atoms with Gasteiger partial charge in [-0.05, 0) is 37.1 Å². The van der Waals surface area contributed by atoms with Crippen LogP contribution in [0.1, 0.15) is 16.8 Å². The molecular weight excluding hydrogens is 242 g/mol. The fourth-order valence-electron chi connectivity index (χ4n) is 1.95. The number of carbonyl (C=O) groups excluding carboxylic acids is 1. The first-order chi connectivity index (χ1) is 9.08. The zero-order valence-electron chi connectivity index (χ0n) is 11.1. The first-order valence-electron chi connectivity index (χ1n) is 6.04. The third kappa shape index (κ3) is 3.38. The predicted octanol–water partition coefficient (Wildman–Crippen LogP) is 0.992. The SMILES string of the molecule is Cc1cc(C)cc(NC(=O)Cn2nncc2CN)c1. The number of nitrogens with one attached hydrogen (secondary N) is 1. The maximum Gasteiger partial charge on any atom is 0.246 e. The van der Waals surface area contributed by atoms with Crippen LogP contribution < -0.4 is 11.1 Å². The number of anilines is 1. The van der Waals surface area contributed by atoms with Gasteiger partial charge in [-0.25, -0.2) is 4.68 Å². The molecule has 0 aliphatic carbocycles. The number of aryl methyl sites for hydroxylation is 2. The largest absolute Gasteiger partial charge is 0.325 e. The van der Waals surface area contributed by atoms with Gasteiger partial charge >= 0.3 is 0 Å². The van der Waals surface area contributed by atoms with E-state index in [1.165, 1.54) is 4.68 Å². The van der Waals surface area contributed by atoms with Gasteiger partial charge in [0.15, 0.2) is 0 Å². The number of nitrogens with two attached hydrogens (primary N) is 1. The van der Waals surface area contributed by atoms with Gasteiger partial charge in [-0.3, -0.25) is 4.79 Å². The summed E-state index contributed by atoms with van der Waals surface area (Å²) in [5, 5.41) is 10.4. The molecule has 0 unspecified atom stereocenters. The molecule has 2 rings (SSSR count). The Morgan fingerprint density at radius 1 is 1.32 bits per heavy atom. The van der Waals surface area contributed by atoms with Gasteiger partial charge in [-0.15, -0.1) is 5.10 Å². The van der Waals surface area contributed by atoms with E-state index < -0.39 is 0 Å². The molecule has 0 spiro atoms. The Kier molecular flexibility index (Phi) is 3.91. The van der Waals surface area contributed by atoms with E-state index in [0.717, 1.165) is 22.5 Å². The number of hydrogen-bond acceptors (Lipinski definition) is 4. The summed E-state index contributed by atoms with van der Waals surface area (Å²) in [5.74, 6) is -0.148. The van der Waals surface area contributed by atoms with Crippen LogP contribution >= 0.6 is 0 Å². The molecule has 1 aromatic carbocycles. The van der Waals surface area contributed by atoms with E-state index in [-0.39, 0.29) is 12.5 Å². The molecule has 0 saturated carbocycles. The zero-order valence-corrected chi connectivity index (χ0v) is 11.1. The van der Waals surface area contributed by atoms with E-state index in [0.29, 0.717) is 6.54 Å². The molecule has 1 heterocycles. The van der Waals surface area contributed by atoms with Gasteiger partial charge in [-0.1, -0.05) is 11.3 Å². The van der Waals surface area contributed by atoms with Crippen LogP contribution in [0.3, 0.4) is 0 Å². The van der Waals surface area contributed by atoms with Gasteiger partial charge in [0, 0.05) is 12.2 Å². The first-order valence-corrected chi connectivity index (χ1v) is 6.04. The third-order valence-electron chi connectivity index (χ3n) is 2.71. The fourth-order valence-corrected chi connectivity index (χ4v) is 1.95. The predicted molar refractivity (Wildman–Crippen MR) is 72.5 cm³/mol. The second-order valence-corrected chi connectivity index (χ2v) is 4.51. The average molecular weight is 259 g/mol. The molecule has 6 heteroatoms. The van der Waals surface area contributed by atoms with Crippen LogP contribution in [0, 0.1) is 13.8 Å². The number of amides is 1. The van der Waals surface area contributed by atoms with E-state index in [4.69, 9.17) is 5.73 Å². The molecule has 0 atom stereocenters.